The molecule has 3 rings (SSSR count). The second-order valence-corrected chi connectivity index (χ2v) is 6.71. The number of carbonyl (C=O) groups excluding carboxylic acids is 1. The van der Waals surface area contributed by atoms with Gasteiger partial charge in [-0.15, -0.1) is 0 Å². The Morgan fingerprint density at radius 1 is 1.21 bits per heavy atom. The topological polar surface area (TPSA) is 64.2 Å². The highest BCUT2D eigenvalue weighted by Crippen LogP contribution is 2.30. The predicted molar refractivity (Wildman–Crippen MR) is 95.6 cm³/mol. The Bertz CT molecular complexity index is 727. The lowest BCUT2D eigenvalue weighted by Crippen LogP contribution is -2.23. The van der Waals surface area contributed by atoms with Crippen LogP contribution in [0.25, 0.3) is 11.1 Å². The molecule has 2 aromatic rings. The lowest BCUT2D eigenvalue weighted by molar-refractivity contribution is -0.118. The molecule has 2 heterocycles. The molecule has 0 radical (unpaired) electrons. The zero-order valence-electron chi connectivity index (χ0n) is 14.7. The van der Waals surface area contributed by atoms with Crippen molar-refractivity contribution in [2.75, 3.05) is 13.1 Å². The number of aromatic nitrogens is 2. The molecule has 2 N–H and O–H groups in total. The summed E-state index contributed by atoms with van der Waals surface area (Å²) < 4.78 is 1.69. The molecular formula is C19H26N4O. The Hall–Kier alpha value is -2.14. The van der Waals surface area contributed by atoms with E-state index >= 15 is 0 Å². The molecule has 5 nitrogen and oxygen atoms in total. The first-order chi connectivity index (χ1) is 11.5. The van der Waals surface area contributed by atoms with E-state index in [9.17, 15) is 4.79 Å². The molecule has 1 atom stereocenters. The highest BCUT2D eigenvalue weighted by Gasteiger charge is 2.20. The predicted octanol–water partition coefficient (Wildman–Crippen LogP) is 2.81. The molecule has 1 saturated heterocycles. The summed E-state index contributed by atoms with van der Waals surface area (Å²) in [5.41, 5.74) is 10.8. The van der Waals surface area contributed by atoms with Gasteiger partial charge < -0.3 is 5.73 Å². The van der Waals surface area contributed by atoms with Gasteiger partial charge in [0.05, 0.1) is 5.69 Å². The second-order valence-electron chi connectivity index (χ2n) is 6.71. The van der Waals surface area contributed by atoms with Crippen LogP contribution in [-0.4, -0.2) is 33.7 Å². The van der Waals surface area contributed by atoms with Gasteiger partial charge >= 0.3 is 0 Å². The van der Waals surface area contributed by atoms with E-state index < -0.39 is 0 Å². The quantitative estimate of drug-likeness (QED) is 0.919. The summed E-state index contributed by atoms with van der Waals surface area (Å²) in [5, 5.41) is 4.45. The fourth-order valence-corrected chi connectivity index (χ4v) is 3.68. The molecule has 1 amide bonds. The number of primary amides is 1. The Morgan fingerprint density at radius 3 is 2.42 bits per heavy atom. The van der Waals surface area contributed by atoms with Crippen molar-refractivity contribution < 1.29 is 4.79 Å². The first-order valence-electron chi connectivity index (χ1n) is 8.64. The van der Waals surface area contributed by atoms with Crippen molar-refractivity contribution >= 4 is 5.91 Å². The Labute approximate surface area is 143 Å². The average molecular weight is 326 g/mol. The average Bonchev–Trinajstić information content (AvgIpc) is 3.16. The molecule has 0 bridgehead atoms. The van der Waals surface area contributed by atoms with Gasteiger partial charge in [0.15, 0.2) is 0 Å². The number of aryl methyl sites for hydroxylation is 1. The van der Waals surface area contributed by atoms with Crippen molar-refractivity contribution in [1.82, 2.24) is 14.7 Å². The summed E-state index contributed by atoms with van der Waals surface area (Å²) in [6.45, 7) is 8.75. The summed E-state index contributed by atoms with van der Waals surface area (Å²) in [5.74, 6) is -0.373. The number of amides is 1. The molecule has 0 unspecified atom stereocenters. The molecule has 1 aliphatic rings. The molecule has 1 fully saturated rings. The minimum absolute atomic E-state index is 0.122. The Morgan fingerprint density at radius 2 is 1.83 bits per heavy atom. The lowest BCUT2D eigenvalue weighted by atomic mass is 9.99. The summed E-state index contributed by atoms with van der Waals surface area (Å²) in [6, 6.07) is 9.20. The molecular weight excluding hydrogens is 300 g/mol. The Balaban J connectivity index is 1.85. The van der Waals surface area contributed by atoms with Crippen LogP contribution in [0.2, 0.25) is 0 Å². The van der Waals surface area contributed by atoms with E-state index in [-0.39, 0.29) is 12.5 Å². The molecule has 1 aromatic carbocycles. The van der Waals surface area contributed by atoms with E-state index in [1.165, 1.54) is 31.5 Å². The highest BCUT2D eigenvalue weighted by atomic mass is 16.1. The van der Waals surface area contributed by atoms with Crippen molar-refractivity contribution in [3.8, 4) is 11.1 Å². The van der Waals surface area contributed by atoms with E-state index in [4.69, 9.17) is 5.73 Å². The first kappa shape index (κ1) is 16.7. The monoisotopic (exact) mass is 326 g/mol. The lowest BCUT2D eigenvalue weighted by Gasteiger charge is -2.24. The third-order valence-corrected chi connectivity index (χ3v) is 5.06. The standard InChI is InChI=1S/C19H26N4O/c1-13-19(15(3)23(21-13)12-18(20)24)17-8-6-16(7-9-17)14(2)22-10-4-5-11-22/h6-9,14H,4-5,10-12H2,1-3H3,(H2,20,24)/t14-/m0/s1. The third-order valence-electron chi connectivity index (χ3n) is 5.06. The molecule has 1 aliphatic heterocycles. The summed E-state index contributed by atoms with van der Waals surface area (Å²) in [4.78, 5) is 13.7. The maximum Gasteiger partial charge on any atom is 0.239 e. The summed E-state index contributed by atoms with van der Waals surface area (Å²) in [7, 11) is 0. The molecule has 24 heavy (non-hydrogen) atoms. The van der Waals surface area contributed by atoms with E-state index in [1.807, 2.05) is 13.8 Å². The number of benzene rings is 1. The van der Waals surface area contributed by atoms with Gasteiger partial charge in [-0.3, -0.25) is 14.4 Å². The van der Waals surface area contributed by atoms with Crippen molar-refractivity contribution in [3.05, 3.63) is 41.2 Å². The van der Waals surface area contributed by atoms with Gasteiger partial charge in [0, 0.05) is 17.3 Å². The normalized spacial score (nSPS) is 16.5. The van der Waals surface area contributed by atoms with E-state index in [0.717, 1.165) is 22.5 Å². The van der Waals surface area contributed by atoms with Gasteiger partial charge in [0.1, 0.15) is 6.54 Å². The number of nitrogens with zero attached hydrogens (tertiary/aromatic N) is 3. The van der Waals surface area contributed by atoms with Crippen LogP contribution in [0.15, 0.2) is 24.3 Å². The molecule has 1 aromatic heterocycles. The fourth-order valence-electron chi connectivity index (χ4n) is 3.68. The van der Waals surface area contributed by atoms with Gasteiger partial charge in [0.2, 0.25) is 5.91 Å². The van der Waals surface area contributed by atoms with Crippen LogP contribution in [0.3, 0.4) is 0 Å². The highest BCUT2D eigenvalue weighted by molar-refractivity contribution is 5.74. The number of rotatable bonds is 5. The number of likely N-dealkylation sites (tertiary alicyclic amines) is 1. The molecule has 0 spiro atoms. The largest absolute Gasteiger partial charge is 0.368 e. The molecule has 0 aliphatic carbocycles. The molecule has 5 heteroatoms. The SMILES string of the molecule is Cc1nn(CC(N)=O)c(C)c1-c1ccc([C@H](C)N2CCCC2)cc1. The zero-order chi connectivity index (χ0) is 17.3. The van der Waals surface area contributed by atoms with Gasteiger partial charge in [-0.25, -0.2) is 0 Å². The third kappa shape index (κ3) is 3.22. The number of carbonyl (C=O) groups is 1. The van der Waals surface area contributed by atoms with Crippen molar-refractivity contribution in [2.45, 2.75) is 46.2 Å². The maximum absolute atomic E-state index is 11.2. The van der Waals surface area contributed by atoms with Gasteiger partial charge in [-0.2, -0.15) is 5.10 Å². The fraction of sp³-hybridized carbons (Fsp3) is 0.474. The van der Waals surface area contributed by atoms with Crippen LogP contribution in [0.5, 0.6) is 0 Å². The van der Waals surface area contributed by atoms with Crippen LogP contribution in [-0.2, 0) is 11.3 Å². The van der Waals surface area contributed by atoms with E-state index in [1.54, 1.807) is 4.68 Å². The first-order valence-corrected chi connectivity index (χ1v) is 8.64. The van der Waals surface area contributed by atoms with Crippen molar-refractivity contribution in [3.63, 3.8) is 0 Å². The minimum atomic E-state index is -0.373. The maximum atomic E-state index is 11.2. The summed E-state index contributed by atoms with van der Waals surface area (Å²) >= 11 is 0. The van der Waals surface area contributed by atoms with Crippen LogP contribution in [0, 0.1) is 13.8 Å². The van der Waals surface area contributed by atoms with Crippen LogP contribution < -0.4 is 5.73 Å². The number of hydrogen-bond donors (Lipinski definition) is 1. The van der Waals surface area contributed by atoms with Crippen molar-refractivity contribution in [2.24, 2.45) is 5.73 Å². The van der Waals surface area contributed by atoms with Gasteiger partial charge in [-0.1, -0.05) is 24.3 Å². The van der Waals surface area contributed by atoms with Crippen molar-refractivity contribution in [1.29, 1.82) is 0 Å². The summed E-state index contributed by atoms with van der Waals surface area (Å²) in [6.07, 6.45) is 2.61. The minimum Gasteiger partial charge on any atom is -0.368 e. The van der Waals surface area contributed by atoms with Crippen LogP contribution in [0.1, 0.15) is 42.8 Å². The smallest absolute Gasteiger partial charge is 0.239 e. The Kier molecular flexibility index (Phi) is 4.71. The number of nitrogens with two attached hydrogens (primary N) is 1. The molecule has 0 saturated carbocycles. The van der Waals surface area contributed by atoms with Crippen LogP contribution in [0.4, 0.5) is 0 Å². The number of hydrogen-bond acceptors (Lipinski definition) is 3. The molecule has 128 valence electrons. The zero-order valence-corrected chi connectivity index (χ0v) is 14.7. The van der Waals surface area contributed by atoms with Gasteiger partial charge in [-0.05, 0) is 57.8 Å². The van der Waals surface area contributed by atoms with Gasteiger partial charge in [0.25, 0.3) is 0 Å². The van der Waals surface area contributed by atoms with E-state index in [0.29, 0.717) is 6.04 Å². The van der Waals surface area contributed by atoms with E-state index in [2.05, 4.69) is 41.2 Å². The van der Waals surface area contributed by atoms with Crippen LogP contribution >= 0.6 is 0 Å². The second kappa shape index (κ2) is 6.77.